The third kappa shape index (κ3) is 5.31. The molecule has 1 atom stereocenters. The van der Waals surface area contributed by atoms with Gasteiger partial charge in [0, 0.05) is 31.1 Å². The van der Waals surface area contributed by atoms with Crippen LogP contribution in [0.3, 0.4) is 0 Å². The number of likely N-dealkylation sites (tertiary alicyclic amines) is 1. The third-order valence-corrected chi connectivity index (χ3v) is 7.02. The Balaban J connectivity index is 1.44. The van der Waals surface area contributed by atoms with E-state index in [-0.39, 0.29) is 24.4 Å². The zero-order chi connectivity index (χ0) is 21.6. The van der Waals surface area contributed by atoms with E-state index in [1.165, 1.54) is 16.9 Å². The number of carbonyl (C=O) groups excluding carboxylic acids is 2. The minimum atomic E-state index is -0.366. The first-order valence-electron chi connectivity index (χ1n) is 11.2. The van der Waals surface area contributed by atoms with Crippen LogP contribution in [0.2, 0.25) is 0 Å². The number of amides is 2. The molecule has 0 aliphatic carbocycles. The monoisotopic (exact) mass is 437 g/mol. The van der Waals surface area contributed by atoms with Crippen LogP contribution < -0.4 is 5.32 Å². The van der Waals surface area contributed by atoms with Crippen molar-refractivity contribution in [2.24, 2.45) is 0 Å². The molecule has 0 radical (unpaired) electrons. The average Bonchev–Trinajstić information content (AvgIpc) is 2.83. The van der Waals surface area contributed by atoms with Crippen LogP contribution in [0.5, 0.6) is 0 Å². The van der Waals surface area contributed by atoms with Crippen LogP contribution in [0.4, 0.5) is 0 Å². The molecule has 0 aromatic heterocycles. The summed E-state index contributed by atoms with van der Waals surface area (Å²) < 4.78 is 0. The quantitative estimate of drug-likeness (QED) is 0.701. The number of nitrogens with one attached hydrogen (secondary N) is 1. The van der Waals surface area contributed by atoms with Gasteiger partial charge < -0.3 is 10.2 Å². The molecule has 1 fully saturated rings. The van der Waals surface area contributed by atoms with Crippen LogP contribution in [-0.2, 0) is 22.6 Å². The van der Waals surface area contributed by atoms with Crippen LogP contribution in [0.1, 0.15) is 42.0 Å². The summed E-state index contributed by atoms with van der Waals surface area (Å²) in [5.41, 5.74) is 3.37. The maximum absolute atomic E-state index is 13.5. The Morgan fingerprint density at radius 2 is 1.74 bits per heavy atom. The molecular weight excluding hydrogens is 406 g/mol. The number of carbonyl (C=O) groups is 2. The normalized spacial score (nSPS) is 19.0. The van der Waals surface area contributed by atoms with Crippen LogP contribution in [0.15, 0.2) is 53.4 Å². The minimum absolute atomic E-state index is 0.0373. The molecule has 1 N–H and O–H groups in total. The van der Waals surface area contributed by atoms with Gasteiger partial charge in [-0.3, -0.25) is 14.5 Å². The Kier molecular flexibility index (Phi) is 7.30. The maximum atomic E-state index is 13.5. The molecule has 2 aliphatic heterocycles. The molecule has 1 saturated heterocycles. The number of hydrogen-bond acceptors (Lipinski definition) is 4. The van der Waals surface area contributed by atoms with Gasteiger partial charge >= 0.3 is 0 Å². The highest BCUT2D eigenvalue weighted by atomic mass is 32.2. The summed E-state index contributed by atoms with van der Waals surface area (Å²) in [5.74, 6) is 0.108. The van der Waals surface area contributed by atoms with E-state index in [2.05, 4.69) is 40.7 Å². The Morgan fingerprint density at radius 3 is 2.48 bits per heavy atom. The van der Waals surface area contributed by atoms with Crippen molar-refractivity contribution in [2.75, 3.05) is 32.4 Å². The van der Waals surface area contributed by atoms with E-state index in [0.717, 1.165) is 50.0 Å². The fourth-order valence-electron chi connectivity index (χ4n) is 4.55. The second-order valence-corrected chi connectivity index (χ2v) is 9.21. The topological polar surface area (TPSA) is 52.7 Å². The van der Waals surface area contributed by atoms with Crippen molar-refractivity contribution in [3.05, 3.63) is 65.2 Å². The lowest BCUT2D eigenvalue weighted by Gasteiger charge is -2.39. The predicted octanol–water partition coefficient (Wildman–Crippen LogP) is 3.64. The van der Waals surface area contributed by atoms with E-state index in [0.29, 0.717) is 6.54 Å². The Labute approximate surface area is 189 Å². The molecule has 2 amide bonds. The van der Waals surface area contributed by atoms with Crippen molar-refractivity contribution in [2.45, 2.75) is 43.2 Å². The molecule has 0 bridgehead atoms. The molecular formula is C25H31N3O2S. The maximum Gasteiger partial charge on any atom is 0.244 e. The van der Waals surface area contributed by atoms with E-state index in [1.54, 1.807) is 11.8 Å². The number of benzene rings is 2. The van der Waals surface area contributed by atoms with Crippen LogP contribution in [0, 0.1) is 0 Å². The van der Waals surface area contributed by atoms with Gasteiger partial charge in [-0.15, -0.1) is 11.8 Å². The largest absolute Gasteiger partial charge is 0.351 e. The summed E-state index contributed by atoms with van der Waals surface area (Å²) in [6.07, 6.45) is 6.24. The molecule has 0 saturated carbocycles. The average molecular weight is 438 g/mol. The summed E-state index contributed by atoms with van der Waals surface area (Å²) in [7, 11) is 0. The second-order valence-electron chi connectivity index (χ2n) is 8.33. The molecule has 2 heterocycles. The Bertz CT molecular complexity index is 909. The van der Waals surface area contributed by atoms with Crippen LogP contribution in [-0.4, -0.2) is 54.0 Å². The van der Waals surface area contributed by atoms with Crippen molar-refractivity contribution in [3.63, 3.8) is 0 Å². The zero-order valence-electron chi connectivity index (χ0n) is 18.2. The van der Waals surface area contributed by atoms with Gasteiger partial charge in [0.05, 0.1) is 6.54 Å². The van der Waals surface area contributed by atoms with E-state index in [9.17, 15) is 9.59 Å². The third-order valence-electron chi connectivity index (χ3n) is 6.28. The first-order chi connectivity index (χ1) is 15.2. The number of thioether (sulfide) groups is 1. The fraction of sp³-hybridized carbons (Fsp3) is 0.440. The van der Waals surface area contributed by atoms with Crippen molar-refractivity contribution in [3.8, 4) is 0 Å². The smallest absolute Gasteiger partial charge is 0.244 e. The zero-order valence-corrected chi connectivity index (χ0v) is 19.0. The highest BCUT2D eigenvalue weighted by Crippen LogP contribution is 2.32. The van der Waals surface area contributed by atoms with Gasteiger partial charge in [0.15, 0.2) is 0 Å². The SMILES string of the molecule is CSc1ccc(CNC(=O)CN2CCc3ccccc3C2C(=O)N2CCCCC2)cc1. The number of rotatable bonds is 6. The molecule has 0 spiro atoms. The predicted molar refractivity (Wildman–Crippen MR) is 125 cm³/mol. The number of nitrogens with zero attached hydrogens (tertiary/aromatic N) is 2. The molecule has 2 aliphatic rings. The number of piperidine rings is 1. The van der Waals surface area contributed by atoms with Gasteiger partial charge in [0.1, 0.15) is 6.04 Å². The van der Waals surface area contributed by atoms with Gasteiger partial charge in [-0.05, 0) is 60.8 Å². The van der Waals surface area contributed by atoms with Gasteiger partial charge in [-0.25, -0.2) is 0 Å². The second kappa shape index (κ2) is 10.3. The first-order valence-corrected chi connectivity index (χ1v) is 12.4. The van der Waals surface area contributed by atoms with Gasteiger partial charge in [-0.2, -0.15) is 0 Å². The van der Waals surface area contributed by atoms with E-state index in [4.69, 9.17) is 0 Å². The lowest BCUT2D eigenvalue weighted by Crippen LogP contribution is -2.50. The number of hydrogen-bond donors (Lipinski definition) is 1. The molecule has 2 aromatic carbocycles. The molecule has 1 unspecified atom stereocenters. The van der Waals surface area contributed by atoms with E-state index >= 15 is 0 Å². The van der Waals surface area contributed by atoms with Crippen LogP contribution in [0.25, 0.3) is 0 Å². The van der Waals surface area contributed by atoms with E-state index < -0.39 is 0 Å². The van der Waals surface area contributed by atoms with Gasteiger partial charge in [0.25, 0.3) is 0 Å². The van der Waals surface area contributed by atoms with Crippen LogP contribution >= 0.6 is 11.8 Å². The standard InChI is InChI=1S/C25H31N3O2S/c1-31-21-11-9-19(10-12-21)17-26-23(29)18-28-16-13-20-7-3-4-8-22(20)24(28)25(30)27-14-5-2-6-15-27/h3-4,7-12,24H,2,5-6,13-18H2,1H3,(H,26,29). The van der Waals surface area contributed by atoms with Gasteiger partial charge in [-0.1, -0.05) is 36.4 Å². The van der Waals surface area contributed by atoms with Gasteiger partial charge in [0.2, 0.25) is 11.8 Å². The Hall–Kier alpha value is -2.31. The summed E-state index contributed by atoms with van der Waals surface area (Å²) in [6.45, 7) is 3.11. The first kappa shape index (κ1) is 21.9. The molecule has 4 rings (SSSR count). The molecule has 6 heteroatoms. The van der Waals surface area contributed by atoms with E-state index in [1.807, 2.05) is 29.2 Å². The summed E-state index contributed by atoms with van der Waals surface area (Å²) in [6, 6.07) is 16.1. The van der Waals surface area contributed by atoms with Crippen molar-refractivity contribution < 1.29 is 9.59 Å². The summed E-state index contributed by atoms with van der Waals surface area (Å²) in [5, 5.41) is 3.03. The fourth-order valence-corrected chi connectivity index (χ4v) is 4.96. The van der Waals surface area contributed by atoms with Crippen molar-refractivity contribution in [1.82, 2.24) is 15.1 Å². The molecule has 31 heavy (non-hydrogen) atoms. The lowest BCUT2D eigenvalue weighted by atomic mass is 9.91. The summed E-state index contributed by atoms with van der Waals surface area (Å²) in [4.78, 5) is 31.5. The highest BCUT2D eigenvalue weighted by Gasteiger charge is 2.36. The molecule has 5 nitrogen and oxygen atoms in total. The Morgan fingerprint density at radius 1 is 1.00 bits per heavy atom. The molecule has 2 aromatic rings. The highest BCUT2D eigenvalue weighted by molar-refractivity contribution is 7.98. The van der Waals surface area contributed by atoms with Crippen molar-refractivity contribution in [1.29, 1.82) is 0 Å². The molecule has 164 valence electrons. The lowest BCUT2D eigenvalue weighted by molar-refractivity contribution is -0.139. The van der Waals surface area contributed by atoms with Crippen molar-refractivity contribution >= 4 is 23.6 Å². The summed E-state index contributed by atoms with van der Waals surface area (Å²) >= 11 is 1.70. The number of fused-ring (bicyclic) bond motifs is 1. The minimum Gasteiger partial charge on any atom is -0.351 e.